The maximum atomic E-state index is 12.0. The minimum Gasteiger partial charge on any atom is -0.486 e. The number of benzene rings is 1. The Morgan fingerprint density at radius 3 is 2.76 bits per heavy atom. The van der Waals surface area contributed by atoms with E-state index in [2.05, 4.69) is 10.3 Å². The van der Waals surface area contributed by atoms with E-state index in [-0.39, 0.29) is 11.8 Å². The number of anilines is 1. The molecule has 2 aliphatic rings. The number of rotatable bonds is 1. The van der Waals surface area contributed by atoms with Crippen molar-refractivity contribution >= 4 is 11.6 Å². The Balaban J connectivity index is 1.84. The van der Waals surface area contributed by atoms with Gasteiger partial charge in [-0.15, -0.1) is 0 Å². The van der Waals surface area contributed by atoms with Gasteiger partial charge < -0.3 is 14.8 Å². The van der Waals surface area contributed by atoms with Crippen molar-refractivity contribution in [3.8, 4) is 11.5 Å². The van der Waals surface area contributed by atoms with Crippen LogP contribution in [0.25, 0.3) is 0 Å². The molecule has 1 N–H and O–H groups in total. The fourth-order valence-corrected chi connectivity index (χ4v) is 2.88. The van der Waals surface area contributed by atoms with E-state index in [4.69, 9.17) is 9.47 Å². The molecule has 1 aromatic heterocycles. The van der Waals surface area contributed by atoms with E-state index in [9.17, 15) is 4.79 Å². The average molecular weight is 282 g/mol. The number of amides is 1. The molecular formula is C16H14N2O3. The molecule has 21 heavy (non-hydrogen) atoms. The summed E-state index contributed by atoms with van der Waals surface area (Å²) >= 11 is 0. The summed E-state index contributed by atoms with van der Waals surface area (Å²) < 4.78 is 11.2. The number of nitrogens with one attached hydrogen (secondary N) is 1. The largest absolute Gasteiger partial charge is 0.486 e. The topological polar surface area (TPSA) is 60.5 Å². The normalized spacial score (nSPS) is 19.6. The molecule has 2 aliphatic heterocycles. The van der Waals surface area contributed by atoms with E-state index in [1.807, 2.05) is 30.5 Å². The van der Waals surface area contributed by atoms with E-state index in [0.717, 1.165) is 22.6 Å². The number of fused-ring (bicyclic) bond motifs is 2. The van der Waals surface area contributed by atoms with Gasteiger partial charge >= 0.3 is 0 Å². The molecule has 0 spiro atoms. The van der Waals surface area contributed by atoms with Crippen LogP contribution >= 0.6 is 0 Å². The summed E-state index contributed by atoms with van der Waals surface area (Å²) in [5.74, 6) is 1.43. The maximum Gasteiger partial charge on any atom is 0.225 e. The molecule has 1 atom stereocenters. The smallest absolute Gasteiger partial charge is 0.225 e. The molecule has 1 amide bonds. The Morgan fingerprint density at radius 1 is 1.19 bits per heavy atom. The highest BCUT2D eigenvalue weighted by molar-refractivity contribution is 5.96. The second-order valence-corrected chi connectivity index (χ2v) is 5.17. The first-order valence-electron chi connectivity index (χ1n) is 6.94. The van der Waals surface area contributed by atoms with Gasteiger partial charge in [0.2, 0.25) is 5.91 Å². The fourth-order valence-electron chi connectivity index (χ4n) is 2.88. The van der Waals surface area contributed by atoms with Crippen molar-refractivity contribution in [2.75, 3.05) is 18.5 Å². The number of carbonyl (C=O) groups excluding carboxylic acids is 1. The van der Waals surface area contributed by atoms with Crippen molar-refractivity contribution in [2.24, 2.45) is 0 Å². The third kappa shape index (κ3) is 2.11. The predicted octanol–water partition coefficient (Wildman–Crippen LogP) is 2.33. The summed E-state index contributed by atoms with van der Waals surface area (Å²) in [6.07, 6.45) is 3.96. The van der Waals surface area contributed by atoms with Gasteiger partial charge in [-0.2, -0.15) is 0 Å². The van der Waals surface area contributed by atoms with Crippen LogP contribution in [0.15, 0.2) is 36.7 Å². The zero-order valence-corrected chi connectivity index (χ0v) is 11.3. The average Bonchev–Trinajstić information content (AvgIpc) is 2.53. The molecule has 0 fully saturated rings. The van der Waals surface area contributed by atoms with E-state index < -0.39 is 0 Å². The van der Waals surface area contributed by atoms with Gasteiger partial charge in [-0.25, -0.2) is 0 Å². The summed E-state index contributed by atoms with van der Waals surface area (Å²) in [6, 6.07) is 7.71. The molecule has 5 heteroatoms. The molecule has 0 saturated carbocycles. The molecule has 4 rings (SSSR count). The van der Waals surface area contributed by atoms with Crippen molar-refractivity contribution in [3.05, 3.63) is 47.8 Å². The van der Waals surface area contributed by atoms with Crippen LogP contribution in [0, 0.1) is 0 Å². The van der Waals surface area contributed by atoms with Gasteiger partial charge in [-0.3, -0.25) is 9.78 Å². The van der Waals surface area contributed by atoms with Crippen LogP contribution in [-0.2, 0) is 4.79 Å². The molecule has 0 unspecified atom stereocenters. The fraction of sp³-hybridized carbons (Fsp3) is 0.250. The molecule has 0 bridgehead atoms. The summed E-state index contributed by atoms with van der Waals surface area (Å²) in [5, 5.41) is 2.91. The third-order valence-corrected chi connectivity index (χ3v) is 3.84. The lowest BCUT2D eigenvalue weighted by Crippen LogP contribution is -2.24. The summed E-state index contributed by atoms with van der Waals surface area (Å²) in [5.41, 5.74) is 2.88. The van der Waals surface area contributed by atoms with Crippen molar-refractivity contribution in [3.63, 3.8) is 0 Å². The number of pyridine rings is 1. The number of carbonyl (C=O) groups is 1. The summed E-state index contributed by atoms with van der Waals surface area (Å²) in [4.78, 5) is 16.1. The van der Waals surface area contributed by atoms with Crippen molar-refractivity contribution in [1.82, 2.24) is 4.98 Å². The molecule has 3 heterocycles. The maximum absolute atomic E-state index is 12.0. The molecule has 5 nitrogen and oxygen atoms in total. The lowest BCUT2D eigenvalue weighted by Gasteiger charge is -2.28. The number of hydrogen-bond donors (Lipinski definition) is 1. The second-order valence-electron chi connectivity index (χ2n) is 5.17. The highest BCUT2D eigenvalue weighted by Crippen LogP contribution is 2.43. The minimum atomic E-state index is -0.00160. The van der Waals surface area contributed by atoms with Crippen LogP contribution < -0.4 is 14.8 Å². The Morgan fingerprint density at radius 2 is 2.00 bits per heavy atom. The van der Waals surface area contributed by atoms with Gasteiger partial charge in [0.1, 0.15) is 13.2 Å². The van der Waals surface area contributed by atoms with Crippen molar-refractivity contribution in [2.45, 2.75) is 12.3 Å². The molecule has 106 valence electrons. The molecule has 2 aromatic rings. The van der Waals surface area contributed by atoms with Gasteiger partial charge in [0.05, 0.1) is 0 Å². The number of nitrogens with zero attached hydrogens (tertiary/aromatic N) is 1. The Bertz CT molecular complexity index is 700. The number of hydrogen-bond acceptors (Lipinski definition) is 4. The molecule has 0 aliphatic carbocycles. The zero-order chi connectivity index (χ0) is 14.2. The lowest BCUT2D eigenvalue weighted by atomic mass is 9.85. The van der Waals surface area contributed by atoms with Gasteiger partial charge in [-0.1, -0.05) is 6.07 Å². The van der Waals surface area contributed by atoms with Gasteiger partial charge in [0.25, 0.3) is 0 Å². The van der Waals surface area contributed by atoms with E-state index in [0.29, 0.717) is 25.4 Å². The molecule has 0 radical (unpaired) electrons. The van der Waals surface area contributed by atoms with E-state index in [1.54, 1.807) is 6.20 Å². The molecule has 0 saturated heterocycles. The van der Waals surface area contributed by atoms with Crippen LogP contribution in [0.1, 0.15) is 23.5 Å². The minimum absolute atomic E-state index is 0.00160. The van der Waals surface area contributed by atoms with Crippen LogP contribution in [-0.4, -0.2) is 24.1 Å². The molecule has 1 aromatic carbocycles. The lowest BCUT2D eigenvalue weighted by molar-refractivity contribution is -0.116. The van der Waals surface area contributed by atoms with Crippen molar-refractivity contribution in [1.29, 1.82) is 0 Å². The molecular weight excluding hydrogens is 268 g/mol. The first-order valence-corrected chi connectivity index (χ1v) is 6.94. The Kier molecular flexibility index (Phi) is 2.77. The van der Waals surface area contributed by atoms with Crippen LogP contribution in [0.4, 0.5) is 5.69 Å². The van der Waals surface area contributed by atoms with Gasteiger partial charge in [0, 0.05) is 36.5 Å². The van der Waals surface area contributed by atoms with E-state index >= 15 is 0 Å². The van der Waals surface area contributed by atoms with E-state index in [1.165, 1.54) is 0 Å². The number of ether oxygens (including phenoxy) is 2. The summed E-state index contributed by atoms with van der Waals surface area (Å²) in [7, 11) is 0. The Hall–Kier alpha value is -2.56. The third-order valence-electron chi connectivity index (χ3n) is 3.84. The second kappa shape index (κ2) is 4.77. The van der Waals surface area contributed by atoms with Crippen LogP contribution in [0.2, 0.25) is 0 Å². The highest BCUT2D eigenvalue weighted by atomic mass is 16.6. The Labute approximate surface area is 121 Å². The van der Waals surface area contributed by atoms with Crippen LogP contribution in [0.5, 0.6) is 11.5 Å². The first-order chi connectivity index (χ1) is 10.3. The first kappa shape index (κ1) is 12.2. The van der Waals surface area contributed by atoms with Crippen LogP contribution in [0.3, 0.4) is 0 Å². The monoisotopic (exact) mass is 282 g/mol. The zero-order valence-electron chi connectivity index (χ0n) is 11.3. The van der Waals surface area contributed by atoms with Gasteiger partial charge in [-0.05, 0) is 23.3 Å². The predicted molar refractivity (Wildman–Crippen MR) is 76.8 cm³/mol. The van der Waals surface area contributed by atoms with Gasteiger partial charge in [0.15, 0.2) is 11.5 Å². The number of aromatic nitrogens is 1. The van der Waals surface area contributed by atoms with Crippen molar-refractivity contribution < 1.29 is 14.3 Å². The summed E-state index contributed by atoms with van der Waals surface area (Å²) in [6.45, 7) is 1.08. The standard InChI is InChI=1S/C16H14N2O3/c19-16-7-11(10-2-1-3-17-9-10)12-6-14-15(8-13(12)18-16)21-5-4-20-14/h1-3,6,8-9,11H,4-5,7H2,(H,18,19)/t11-/m1/s1. The highest BCUT2D eigenvalue weighted by Gasteiger charge is 2.29. The SMILES string of the molecule is O=C1C[C@H](c2cccnc2)c2cc3c(cc2N1)OCCO3. The quantitative estimate of drug-likeness (QED) is 0.872.